The molecule has 1 aromatic carbocycles. The summed E-state index contributed by atoms with van der Waals surface area (Å²) in [5.74, 6) is 1.52. The normalized spacial score (nSPS) is 12.5. The largest absolute Gasteiger partial charge is 0.493 e. The highest BCUT2D eigenvalue weighted by Gasteiger charge is 2.05. The van der Waals surface area contributed by atoms with Crippen LogP contribution < -0.4 is 10.1 Å². The lowest BCUT2D eigenvalue weighted by Crippen LogP contribution is -2.17. The molecule has 0 aliphatic rings. The number of hydrogen-bond donors (Lipinski definition) is 1. The molecule has 0 heterocycles. The van der Waals surface area contributed by atoms with Crippen molar-refractivity contribution in [3.8, 4) is 5.75 Å². The van der Waals surface area contributed by atoms with E-state index in [-0.39, 0.29) is 0 Å². The number of nitrogens with one attached hydrogen (secondary N) is 1. The Morgan fingerprint density at radius 3 is 2.61 bits per heavy atom. The fraction of sp³-hybridized carbons (Fsp3) is 0.625. The van der Waals surface area contributed by atoms with Gasteiger partial charge in [-0.3, -0.25) is 0 Å². The molecule has 0 aromatic heterocycles. The number of ether oxygens (including phenoxy) is 1. The zero-order valence-corrected chi connectivity index (χ0v) is 12.2. The molecule has 0 saturated carbocycles. The lowest BCUT2D eigenvalue weighted by atomic mass is 10.1. The summed E-state index contributed by atoms with van der Waals surface area (Å²) in [7, 11) is 0. The molecule has 0 fully saturated rings. The Morgan fingerprint density at radius 1 is 1.22 bits per heavy atom. The average Bonchev–Trinajstić information content (AvgIpc) is 2.36. The summed E-state index contributed by atoms with van der Waals surface area (Å²) in [4.78, 5) is 0. The Kier molecular flexibility index (Phi) is 6.63. The van der Waals surface area contributed by atoms with Crippen LogP contribution in [0.25, 0.3) is 0 Å². The molecular weight excluding hydrogens is 222 g/mol. The Balaban J connectivity index is 2.57. The SMILES string of the molecule is CCCC(CC)Nc1cccc(OCC(C)C)c1. The van der Waals surface area contributed by atoms with E-state index < -0.39 is 0 Å². The molecule has 0 amide bonds. The van der Waals surface area contributed by atoms with Crippen molar-refractivity contribution in [2.24, 2.45) is 5.92 Å². The van der Waals surface area contributed by atoms with Crippen molar-refractivity contribution in [1.29, 1.82) is 0 Å². The van der Waals surface area contributed by atoms with Crippen LogP contribution in [0.4, 0.5) is 5.69 Å². The van der Waals surface area contributed by atoms with E-state index in [0.717, 1.165) is 24.5 Å². The molecular formula is C16H27NO. The fourth-order valence-corrected chi connectivity index (χ4v) is 1.90. The van der Waals surface area contributed by atoms with Crippen LogP contribution in [0.2, 0.25) is 0 Å². The highest BCUT2D eigenvalue weighted by Crippen LogP contribution is 2.20. The molecule has 18 heavy (non-hydrogen) atoms. The lowest BCUT2D eigenvalue weighted by Gasteiger charge is -2.18. The monoisotopic (exact) mass is 249 g/mol. The molecule has 0 aliphatic heterocycles. The van der Waals surface area contributed by atoms with Gasteiger partial charge < -0.3 is 10.1 Å². The molecule has 2 heteroatoms. The third-order valence-electron chi connectivity index (χ3n) is 2.92. The van der Waals surface area contributed by atoms with Gasteiger partial charge in [0.15, 0.2) is 0 Å². The standard InChI is InChI=1S/C16H27NO/c1-5-8-14(6-2)17-15-9-7-10-16(11-15)18-12-13(3)4/h7,9-11,13-14,17H,5-6,8,12H2,1-4H3. The Hall–Kier alpha value is -1.18. The smallest absolute Gasteiger partial charge is 0.121 e. The summed E-state index contributed by atoms with van der Waals surface area (Å²) in [5, 5.41) is 3.58. The summed E-state index contributed by atoms with van der Waals surface area (Å²) in [6, 6.07) is 8.85. The summed E-state index contributed by atoms with van der Waals surface area (Å²) in [6.45, 7) is 9.56. The maximum Gasteiger partial charge on any atom is 0.121 e. The highest BCUT2D eigenvalue weighted by atomic mass is 16.5. The summed E-state index contributed by atoms with van der Waals surface area (Å²) in [5.41, 5.74) is 1.16. The number of benzene rings is 1. The van der Waals surface area contributed by atoms with E-state index in [2.05, 4.69) is 51.2 Å². The zero-order valence-electron chi connectivity index (χ0n) is 12.2. The molecule has 0 bridgehead atoms. The summed E-state index contributed by atoms with van der Waals surface area (Å²) >= 11 is 0. The molecule has 102 valence electrons. The van der Waals surface area contributed by atoms with E-state index in [1.807, 2.05) is 6.07 Å². The fourth-order valence-electron chi connectivity index (χ4n) is 1.90. The van der Waals surface area contributed by atoms with Crippen LogP contribution in [0.5, 0.6) is 5.75 Å². The quantitative estimate of drug-likeness (QED) is 0.720. The van der Waals surface area contributed by atoms with Crippen LogP contribution in [0.3, 0.4) is 0 Å². The molecule has 1 N–H and O–H groups in total. The van der Waals surface area contributed by atoms with Gasteiger partial charge in [0.1, 0.15) is 5.75 Å². The van der Waals surface area contributed by atoms with Gasteiger partial charge in [-0.05, 0) is 30.9 Å². The van der Waals surface area contributed by atoms with Crippen molar-refractivity contribution in [2.75, 3.05) is 11.9 Å². The Bertz CT molecular complexity index is 336. The van der Waals surface area contributed by atoms with Gasteiger partial charge in [-0.25, -0.2) is 0 Å². The van der Waals surface area contributed by atoms with Crippen LogP contribution >= 0.6 is 0 Å². The summed E-state index contributed by atoms with van der Waals surface area (Å²) in [6.07, 6.45) is 3.59. The van der Waals surface area contributed by atoms with E-state index in [9.17, 15) is 0 Å². The van der Waals surface area contributed by atoms with Crippen LogP contribution in [0.1, 0.15) is 47.0 Å². The first-order valence-corrected chi connectivity index (χ1v) is 7.15. The number of hydrogen-bond acceptors (Lipinski definition) is 2. The Morgan fingerprint density at radius 2 is 2.00 bits per heavy atom. The minimum absolute atomic E-state index is 0.560. The molecule has 1 unspecified atom stereocenters. The predicted molar refractivity (Wildman–Crippen MR) is 79.4 cm³/mol. The predicted octanol–water partition coefficient (Wildman–Crippen LogP) is 4.71. The second-order valence-corrected chi connectivity index (χ2v) is 5.27. The average molecular weight is 249 g/mol. The first kappa shape index (κ1) is 14.9. The van der Waals surface area contributed by atoms with Crippen molar-refractivity contribution in [3.63, 3.8) is 0 Å². The van der Waals surface area contributed by atoms with Crippen molar-refractivity contribution in [1.82, 2.24) is 0 Å². The Labute approximate surface area is 112 Å². The minimum atomic E-state index is 0.560. The number of rotatable bonds is 8. The second kappa shape index (κ2) is 8.02. The van der Waals surface area contributed by atoms with Crippen molar-refractivity contribution < 1.29 is 4.74 Å². The third-order valence-corrected chi connectivity index (χ3v) is 2.92. The third kappa shape index (κ3) is 5.44. The molecule has 0 radical (unpaired) electrons. The molecule has 0 aliphatic carbocycles. The van der Waals surface area contributed by atoms with Gasteiger partial charge >= 0.3 is 0 Å². The van der Waals surface area contributed by atoms with Gasteiger partial charge in [-0.2, -0.15) is 0 Å². The first-order valence-electron chi connectivity index (χ1n) is 7.15. The lowest BCUT2D eigenvalue weighted by molar-refractivity contribution is 0.271. The molecule has 1 rings (SSSR count). The molecule has 0 spiro atoms. The van der Waals surface area contributed by atoms with Gasteiger partial charge in [0.25, 0.3) is 0 Å². The number of anilines is 1. The van der Waals surface area contributed by atoms with Crippen molar-refractivity contribution in [3.05, 3.63) is 24.3 Å². The molecule has 1 aromatic rings. The van der Waals surface area contributed by atoms with Crippen LogP contribution in [0, 0.1) is 5.92 Å². The van der Waals surface area contributed by atoms with E-state index in [1.165, 1.54) is 12.8 Å². The molecule has 1 atom stereocenters. The minimum Gasteiger partial charge on any atom is -0.493 e. The topological polar surface area (TPSA) is 21.3 Å². The van der Waals surface area contributed by atoms with Gasteiger partial charge in [0.2, 0.25) is 0 Å². The van der Waals surface area contributed by atoms with Crippen LogP contribution in [-0.2, 0) is 0 Å². The van der Waals surface area contributed by atoms with Crippen molar-refractivity contribution >= 4 is 5.69 Å². The molecule has 2 nitrogen and oxygen atoms in total. The zero-order chi connectivity index (χ0) is 13.4. The highest BCUT2D eigenvalue weighted by molar-refractivity contribution is 5.48. The van der Waals surface area contributed by atoms with Crippen LogP contribution in [0.15, 0.2) is 24.3 Å². The van der Waals surface area contributed by atoms with E-state index in [4.69, 9.17) is 4.74 Å². The van der Waals surface area contributed by atoms with Crippen molar-refractivity contribution in [2.45, 2.75) is 53.0 Å². The van der Waals surface area contributed by atoms with E-state index in [1.54, 1.807) is 0 Å². The van der Waals surface area contributed by atoms with E-state index >= 15 is 0 Å². The van der Waals surface area contributed by atoms with E-state index in [0.29, 0.717) is 12.0 Å². The van der Waals surface area contributed by atoms with Gasteiger partial charge in [-0.1, -0.05) is 40.2 Å². The maximum atomic E-state index is 5.74. The first-order chi connectivity index (χ1) is 8.65. The second-order valence-electron chi connectivity index (χ2n) is 5.27. The van der Waals surface area contributed by atoms with Gasteiger partial charge in [-0.15, -0.1) is 0 Å². The molecule has 0 saturated heterocycles. The van der Waals surface area contributed by atoms with Gasteiger partial charge in [0, 0.05) is 17.8 Å². The van der Waals surface area contributed by atoms with Gasteiger partial charge in [0.05, 0.1) is 6.61 Å². The maximum absolute atomic E-state index is 5.74. The van der Waals surface area contributed by atoms with Crippen LogP contribution in [-0.4, -0.2) is 12.6 Å². The summed E-state index contributed by atoms with van der Waals surface area (Å²) < 4.78 is 5.74.